The van der Waals surface area contributed by atoms with Crippen molar-refractivity contribution in [1.82, 2.24) is 0 Å². The molecule has 0 aromatic heterocycles. The molecule has 0 heterocycles. The van der Waals surface area contributed by atoms with Gasteiger partial charge in [-0.05, 0) is 43.4 Å². The van der Waals surface area contributed by atoms with Crippen molar-refractivity contribution in [3.05, 3.63) is 0 Å². The molecular weight excluding hydrogens is 1230 g/mol. The van der Waals surface area contributed by atoms with Crippen molar-refractivity contribution in [2.75, 3.05) is 39.6 Å². The summed E-state index contributed by atoms with van der Waals surface area (Å²) in [5.41, 5.74) is 0. The maximum atomic E-state index is 13.1. The predicted molar refractivity (Wildman–Crippen MR) is 381 cm³/mol. The molecule has 0 aromatic carbocycles. The van der Waals surface area contributed by atoms with Gasteiger partial charge < -0.3 is 33.8 Å². The summed E-state index contributed by atoms with van der Waals surface area (Å²) < 4.78 is 68.5. The van der Waals surface area contributed by atoms with E-state index in [0.29, 0.717) is 25.7 Å². The Morgan fingerprint density at radius 2 is 0.543 bits per heavy atom. The molecule has 3 unspecified atom stereocenters. The average molecular weight is 1380 g/mol. The van der Waals surface area contributed by atoms with Crippen molar-refractivity contribution in [1.29, 1.82) is 0 Å². The monoisotopic (exact) mass is 1380 g/mol. The van der Waals surface area contributed by atoms with Crippen LogP contribution in [0.15, 0.2) is 0 Å². The van der Waals surface area contributed by atoms with Crippen molar-refractivity contribution in [2.45, 2.75) is 401 Å². The lowest BCUT2D eigenvalue weighted by molar-refractivity contribution is -0.161. The van der Waals surface area contributed by atoms with E-state index < -0.39 is 97.5 Å². The average Bonchev–Trinajstić information content (AvgIpc) is 1.55. The summed E-state index contributed by atoms with van der Waals surface area (Å²) in [5, 5.41) is 10.6. The highest BCUT2D eigenvalue weighted by Gasteiger charge is 2.30. The van der Waals surface area contributed by atoms with E-state index in [1.165, 1.54) is 193 Å². The van der Waals surface area contributed by atoms with Gasteiger partial charge in [0.25, 0.3) is 0 Å². The zero-order chi connectivity index (χ0) is 69.4. The van der Waals surface area contributed by atoms with Gasteiger partial charge in [0, 0.05) is 25.7 Å². The van der Waals surface area contributed by atoms with Crippen molar-refractivity contribution < 1.29 is 80.2 Å². The minimum absolute atomic E-state index is 0.105. The van der Waals surface area contributed by atoms with Crippen molar-refractivity contribution in [2.24, 2.45) is 17.8 Å². The molecule has 94 heavy (non-hydrogen) atoms. The van der Waals surface area contributed by atoms with Crippen LogP contribution in [-0.2, 0) is 65.4 Å². The highest BCUT2D eigenvalue weighted by Crippen LogP contribution is 2.45. The first-order chi connectivity index (χ1) is 45.3. The van der Waals surface area contributed by atoms with Crippen LogP contribution < -0.4 is 0 Å². The fourth-order valence-corrected chi connectivity index (χ4v) is 13.0. The lowest BCUT2D eigenvalue weighted by atomic mass is 9.99. The van der Waals surface area contributed by atoms with Gasteiger partial charge in [0.15, 0.2) is 12.2 Å². The summed E-state index contributed by atoms with van der Waals surface area (Å²) in [4.78, 5) is 72.8. The minimum Gasteiger partial charge on any atom is -0.462 e. The molecule has 0 aliphatic rings. The van der Waals surface area contributed by atoms with Gasteiger partial charge in [0.2, 0.25) is 0 Å². The fourth-order valence-electron chi connectivity index (χ4n) is 11.4. The zero-order valence-corrected chi connectivity index (χ0v) is 63.2. The van der Waals surface area contributed by atoms with Crippen LogP contribution in [0.2, 0.25) is 0 Å². The number of carbonyl (C=O) groups excluding carboxylic acids is 4. The number of unbranched alkanes of at least 4 members (excludes halogenated alkanes) is 40. The van der Waals surface area contributed by atoms with E-state index >= 15 is 0 Å². The van der Waals surface area contributed by atoms with Gasteiger partial charge in [-0.15, -0.1) is 0 Å². The van der Waals surface area contributed by atoms with Crippen LogP contribution in [0.3, 0.4) is 0 Å². The van der Waals surface area contributed by atoms with Crippen molar-refractivity contribution in [3.63, 3.8) is 0 Å². The highest BCUT2D eigenvalue weighted by atomic mass is 31.2. The van der Waals surface area contributed by atoms with Gasteiger partial charge in [-0.3, -0.25) is 37.3 Å². The normalized spacial score (nSPS) is 14.4. The van der Waals surface area contributed by atoms with Crippen LogP contribution in [0.25, 0.3) is 0 Å². The fraction of sp³-hybridized carbons (Fsp3) is 0.947. The minimum atomic E-state index is -4.96. The first kappa shape index (κ1) is 92.1. The van der Waals surface area contributed by atoms with Crippen LogP contribution in [0, 0.1) is 17.8 Å². The molecule has 0 fully saturated rings. The van der Waals surface area contributed by atoms with Crippen LogP contribution in [0.1, 0.15) is 382 Å². The molecule has 0 saturated heterocycles. The molecule has 0 rings (SSSR count). The van der Waals surface area contributed by atoms with E-state index in [0.717, 1.165) is 108 Å². The second-order valence-electron chi connectivity index (χ2n) is 28.2. The Bertz CT molecular complexity index is 1840. The van der Waals surface area contributed by atoms with Gasteiger partial charge in [-0.1, -0.05) is 331 Å². The van der Waals surface area contributed by atoms with Crippen LogP contribution in [0.4, 0.5) is 0 Å². The van der Waals surface area contributed by atoms with Crippen molar-refractivity contribution >= 4 is 39.5 Å². The number of ether oxygens (including phenoxy) is 4. The second kappa shape index (κ2) is 65.7. The summed E-state index contributed by atoms with van der Waals surface area (Å²) in [6, 6.07) is 0. The number of carbonyl (C=O) groups is 4. The molecule has 0 aliphatic heterocycles. The third kappa shape index (κ3) is 67.3. The molecule has 0 aromatic rings. The molecule has 17 nitrogen and oxygen atoms in total. The molecule has 0 saturated carbocycles. The molecule has 0 radical (unpaired) electrons. The van der Waals surface area contributed by atoms with E-state index in [1.54, 1.807) is 0 Å². The lowest BCUT2D eigenvalue weighted by Crippen LogP contribution is -2.30. The number of phosphoric ester groups is 2. The number of hydrogen-bond acceptors (Lipinski definition) is 15. The summed E-state index contributed by atoms with van der Waals surface area (Å²) in [6.07, 6.45) is 51.2. The first-order valence-electron chi connectivity index (χ1n) is 38.9. The Balaban J connectivity index is 5.25. The predicted octanol–water partition coefficient (Wildman–Crippen LogP) is 21.8. The number of phosphoric acid groups is 2. The van der Waals surface area contributed by atoms with E-state index in [4.69, 9.17) is 37.0 Å². The molecular formula is C75H146O17P2. The van der Waals surface area contributed by atoms with E-state index in [9.17, 15) is 43.2 Å². The van der Waals surface area contributed by atoms with Crippen LogP contribution in [0.5, 0.6) is 0 Å². The zero-order valence-electron chi connectivity index (χ0n) is 61.4. The molecule has 0 amide bonds. The summed E-state index contributed by atoms with van der Waals surface area (Å²) in [5.74, 6) is 0.211. The van der Waals surface area contributed by atoms with Gasteiger partial charge in [0.1, 0.15) is 19.3 Å². The maximum Gasteiger partial charge on any atom is 0.472 e. The Morgan fingerprint density at radius 1 is 0.309 bits per heavy atom. The quantitative estimate of drug-likeness (QED) is 0.0222. The van der Waals surface area contributed by atoms with E-state index in [-0.39, 0.29) is 25.7 Å². The SMILES string of the molecule is CCCCCCCCCCCCCC(=O)OC[C@H](COP(=O)(O)OC[C@H](O)COP(=O)(O)OC[C@@H](COC(=O)CCCCCCCCCCCCC(C)CC)OC(=O)CCCCCCCCCCCCCCCCCC(C)C)OC(=O)CCCCCCCCCCC(C)C. The van der Waals surface area contributed by atoms with Gasteiger partial charge in [-0.2, -0.15) is 0 Å². The van der Waals surface area contributed by atoms with Crippen molar-refractivity contribution in [3.8, 4) is 0 Å². The number of rotatable bonds is 73. The summed E-state index contributed by atoms with van der Waals surface area (Å²) >= 11 is 0. The van der Waals surface area contributed by atoms with Crippen LogP contribution in [-0.4, -0.2) is 96.7 Å². The number of aliphatic hydroxyl groups excluding tert-OH is 1. The molecule has 6 atom stereocenters. The van der Waals surface area contributed by atoms with Gasteiger partial charge in [-0.25, -0.2) is 9.13 Å². The standard InChI is InChI=1S/C75H146O17P2/c1-8-10-11-12-13-14-20-27-35-42-49-56-72(77)85-63-71(92-75(80)59-52-45-38-31-30-33-40-47-54-67(5)6)65-90-94(83,84)88-61-69(76)60-87-93(81,82)89-64-70(62-86-73(78)57-50-43-36-28-24-23-26-34-41-48-55-68(7)9-2)91-74(79)58-51-44-37-29-22-19-17-15-16-18-21-25-32-39-46-53-66(3)4/h66-71,76H,8-65H2,1-7H3,(H,81,82)(H,83,84)/t68?,69-,70-,71-/m1/s1. The lowest BCUT2D eigenvalue weighted by Gasteiger charge is -2.21. The molecule has 0 bridgehead atoms. The Hall–Kier alpha value is -1.94. The Kier molecular flexibility index (Phi) is 64.3. The molecule has 3 N–H and O–H groups in total. The third-order valence-electron chi connectivity index (χ3n) is 17.7. The maximum absolute atomic E-state index is 13.1. The second-order valence-corrected chi connectivity index (χ2v) is 31.1. The molecule has 19 heteroatoms. The van der Waals surface area contributed by atoms with E-state index in [2.05, 4.69) is 48.5 Å². The van der Waals surface area contributed by atoms with Crippen LogP contribution >= 0.6 is 15.6 Å². The van der Waals surface area contributed by atoms with Gasteiger partial charge >= 0.3 is 39.5 Å². The smallest absolute Gasteiger partial charge is 0.462 e. The highest BCUT2D eigenvalue weighted by molar-refractivity contribution is 7.47. The largest absolute Gasteiger partial charge is 0.472 e. The Morgan fingerprint density at radius 3 is 0.809 bits per heavy atom. The summed E-state index contributed by atoms with van der Waals surface area (Å²) in [7, 11) is -9.91. The summed E-state index contributed by atoms with van der Waals surface area (Å²) in [6.45, 7) is 11.9. The third-order valence-corrected chi connectivity index (χ3v) is 19.6. The topological polar surface area (TPSA) is 237 Å². The molecule has 558 valence electrons. The Labute approximate surface area is 575 Å². The van der Waals surface area contributed by atoms with Gasteiger partial charge in [0.05, 0.1) is 26.4 Å². The number of aliphatic hydroxyl groups is 1. The first-order valence-corrected chi connectivity index (χ1v) is 41.9. The van der Waals surface area contributed by atoms with E-state index in [1.807, 2.05) is 0 Å². The molecule has 0 aliphatic carbocycles. The number of hydrogen-bond donors (Lipinski definition) is 3. The molecule has 0 spiro atoms. The number of esters is 4.